The van der Waals surface area contributed by atoms with Gasteiger partial charge in [-0.15, -0.1) is 0 Å². The van der Waals surface area contributed by atoms with Gasteiger partial charge in [-0.2, -0.15) is 5.10 Å². The number of hydrogen-bond donors (Lipinski definition) is 2. The number of hydrazine groups is 1. The van der Waals surface area contributed by atoms with Gasteiger partial charge in [-0.1, -0.05) is 12.1 Å². The van der Waals surface area contributed by atoms with Gasteiger partial charge in [0.1, 0.15) is 5.82 Å². The van der Waals surface area contributed by atoms with E-state index in [1.165, 1.54) is 6.07 Å². The van der Waals surface area contributed by atoms with Crippen LogP contribution in [0.25, 0.3) is 0 Å². The van der Waals surface area contributed by atoms with Gasteiger partial charge in [0.05, 0.1) is 26.9 Å². The first-order chi connectivity index (χ1) is 8.56. The molecule has 0 amide bonds. The maximum absolute atomic E-state index is 13.6. The molecule has 4 nitrogen and oxygen atoms in total. The molecule has 1 aromatic carbocycles. The Labute approximate surface area is 121 Å². The van der Waals surface area contributed by atoms with Gasteiger partial charge in [-0.3, -0.25) is 10.5 Å². The van der Waals surface area contributed by atoms with E-state index in [0.29, 0.717) is 10.0 Å². The summed E-state index contributed by atoms with van der Waals surface area (Å²) in [7, 11) is 1.80. The van der Waals surface area contributed by atoms with Gasteiger partial charge in [-0.25, -0.2) is 9.82 Å². The van der Waals surface area contributed by atoms with Crippen molar-refractivity contribution in [2.24, 2.45) is 12.9 Å². The van der Waals surface area contributed by atoms with Crippen LogP contribution < -0.4 is 11.3 Å². The number of nitrogens with one attached hydrogen (secondary N) is 1. The fourth-order valence-electron chi connectivity index (χ4n) is 1.80. The zero-order valence-corrected chi connectivity index (χ0v) is 12.7. The zero-order chi connectivity index (χ0) is 13.3. The molecule has 1 atom stereocenters. The number of halogens is 3. The van der Waals surface area contributed by atoms with Crippen molar-refractivity contribution in [3.8, 4) is 0 Å². The van der Waals surface area contributed by atoms with Gasteiger partial charge in [0, 0.05) is 7.05 Å². The zero-order valence-electron chi connectivity index (χ0n) is 9.49. The number of nitrogens with two attached hydrogens (primary N) is 1. The second kappa shape index (κ2) is 5.48. The van der Waals surface area contributed by atoms with Crippen molar-refractivity contribution in [1.82, 2.24) is 15.2 Å². The minimum atomic E-state index is -0.364. The third-order valence-electron chi connectivity index (χ3n) is 2.67. The molecule has 1 unspecified atom stereocenters. The van der Waals surface area contributed by atoms with Crippen LogP contribution in [0, 0.1) is 5.82 Å². The molecule has 18 heavy (non-hydrogen) atoms. The molecule has 1 heterocycles. The fourth-order valence-corrected chi connectivity index (χ4v) is 2.87. The quantitative estimate of drug-likeness (QED) is 0.638. The molecule has 0 aliphatic heterocycles. The molecule has 2 rings (SSSR count). The number of aromatic nitrogens is 2. The van der Waals surface area contributed by atoms with Crippen LogP contribution >= 0.6 is 31.9 Å². The molecule has 0 fully saturated rings. The van der Waals surface area contributed by atoms with Crippen LogP contribution in [0.2, 0.25) is 0 Å². The van der Waals surface area contributed by atoms with Crippen LogP contribution in [0.5, 0.6) is 0 Å². The average molecular weight is 378 g/mol. The van der Waals surface area contributed by atoms with Crippen molar-refractivity contribution in [1.29, 1.82) is 0 Å². The van der Waals surface area contributed by atoms with E-state index in [2.05, 4.69) is 42.4 Å². The fraction of sp³-hybridized carbons (Fsp3) is 0.182. The maximum Gasteiger partial charge on any atom is 0.137 e. The maximum atomic E-state index is 13.6. The van der Waals surface area contributed by atoms with Crippen LogP contribution in [-0.4, -0.2) is 9.78 Å². The molecule has 0 aliphatic rings. The lowest BCUT2D eigenvalue weighted by Gasteiger charge is -2.19. The highest BCUT2D eigenvalue weighted by atomic mass is 79.9. The predicted molar refractivity (Wildman–Crippen MR) is 74.2 cm³/mol. The highest BCUT2D eigenvalue weighted by Crippen LogP contribution is 2.32. The van der Waals surface area contributed by atoms with Crippen molar-refractivity contribution in [3.63, 3.8) is 0 Å². The molecule has 0 bridgehead atoms. The molecule has 1 aromatic heterocycles. The third-order valence-corrected chi connectivity index (χ3v) is 4.12. The second-order valence-corrected chi connectivity index (χ2v) is 5.39. The van der Waals surface area contributed by atoms with Crippen LogP contribution in [0.4, 0.5) is 4.39 Å². The minimum absolute atomic E-state index is 0.328. The highest BCUT2D eigenvalue weighted by molar-refractivity contribution is 9.10. The second-order valence-electron chi connectivity index (χ2n) is 3.74. The Hall–Kier alpha value is -0.760. The van der Waals surface area contributed by atoms with E-state index < -0.39 is 0 Å². The Balaban J connectivity index is 2.56. The van der Waals surface area contributed by atoms with Crippen molar-refractivity contribution >= 4 is 31.9 Å². The van der Waals surface area contributed by atoms with E-state index in [0.717, 1.165) is 10.2 Å². The third kappa shape index (κ3) is 2.35. The van der Waals surface area contributed by atoms with Gasteiger partial charge in [0.15, 0.2) is 0 Å². The highest BCUT2D eigenvalue weighted by Gasteiger charge is 2.22. The Bertz CT molecular complexity index is 551. The molecular formula is C11H11Br2FN4. The number of hydrogen-bond acceptors (Lipinski definition) is 3. The first kappa shape index (κ1) is 13.7. The van der Waals surface area contributed by atoms with Crippen molar-refractivity contribution < 1.29 is 4.39 Å². The predicted octanol–water partition coefficient (Wildman–Crippen LogP) is 2.64. The lowest BCUT2D eigenvalue weighted by atomic mass is 10.0. The lowest BCUT2D eigenvalue weighted by Crippen LogP contribution is -2.31. The summed E-state index contributed by atoms with van der Waals surface area (Å²) in [5.41, 5.74) is 4.22. The SMILES string of the molecule is Cn1ncc(Br)c1C(NN)c1cccc(F)c1Br. The van der Waals surface area contributed by atoms with Crippen LogP contribution in [-0.2, 0) is 7.05 Å². The molecule has 3 N–H and O–H groups in total. The minimum Gasteiger partial charge on any atom is -0.271 e. The molecule has 7 heteroatoms. The van der Waals surface area contributed by atoms with Gasteiger partial charge in [0.2, 0.25) is 0 Å². The molecule has 0 radical (unpaired) electrons. The first-order valence-electron chi connectivity index (χ1n) is 5.13. The van der Waals surface area contributed by atoms with E-state index in [-0.39, 0.29) is 11.9 Å². The van der Waals surface area contributed by atoms with E-state index in [1.807, 2.05) is 0 Å². The van der Waals surface area contributed by atoms with Crippen LogP contribution in [0.3, 0.4) is 0 Å². The van der Waals surface area contributed by atoms with Gasteiger partial charge >= 0.3 is 0 Å². The molecular weight excluding hydrogens is 367 g/mol. The van der Waals surface area contributed by atoms with Gasteiger partial charge in [-0.05, 0) is 43.5 Å². The number of aryl methyl sites for hydroxylation is 1. The Morgan fingerprint density at radius 2 is 2.17 bits per heavy atom. The summed E-state index contributed by atoms with van der Waals surface area (Å²) >= 11 is 6.65. The Morgan fingerprint density at radius 3 is 2.72 bits per heavy atom. The average Bonchev–Trinajstić information content (AvgIpc) is 2.67. The summed E-state index contributed by atoms with van der Waals surface area (Å²) in [6.45, 7) is 0. The smallest absolute Gasteiger partial charge is 0.137 e. The van der Waals surface area contributed by atoms with E-state index in [1.54, 1.807) is 30.1 Å². The molecule has 2 aromatic rings. The summed E-state index contributed by atoms with van der Waals surface area (Å²) in [5, 5.41) is 4.13. The summed E-state index contributed by atoms with van der Waals surface area (Å²) in [6.07, 6.45) is 1.67. The summed E-state index contributed by atoms with van der Waals surface area (Å²) in [4.78, 5) is 0. The van der Waals surface area contributed by atoms with Crippen LogP contribution in [0.15, 0.2) is 33.3 Å². The normalized spacial score (nSPS) is 12.7. The first-order valence-corrected chi connectivity index (χ1v) is 6.72. The number of benzene rings is 1. The summed E-state index contributed by atoms with van der Waals surface area (Å²) < 4.78 is 16.5. The monoisotopic (exact) mass is 376 g/mol. The summed E-state index contributed by atoms with van der Waals surface area (Å²) in [6, 6.07) is 4.47. The largest absolute Gasteiger partial charge is 0.271 e. The van der Waals surface area contributed by atoms with Crippen molar-refractivity contribution in [2.45, 2.75) is 6.04 Å². The number of nitrogens with zero attached hydrogens (tertiary/aromatic N) is 2. The van der Waals surface area contributed by atoms with Crippen molar-refractivity contribution in [3.05, 3.63) is 50.4 Å². The molecule has 0 spiro atoms. The van der Waals surface area contributed by atoms with Crippen LogP contribution in [0.1, 0.15) is 17.3 Å². The van der Waals surface area contributed by atoms with Gasteiger partial charge in [0.25, 0.3) is 0 Å². The molecule has 0 saturated heterocycles. The summed E-state index contributed by atoms with van der Waals surface area (Å²) in [5.74, 6) is 5.27. The van der Waals surface area contributed by atoms with Gasteiger partial charge < -0.3 is 0 Å². The standard InChI is InChI=1S/C11H11Br2FN4/c1-18-11(7(12)5-16-18)10(17-15)6-3-2-4-8(14)9(6)13/h2-5,10,17H,15H2,1H3. The Morgan fingerprint density at radius 1 is 1.44 bits per heavy atom. The number of rotatable bonds is 3. The molecule has 0 aliphatic carbocycles. The van der Waals surface area contributed by atoms with E-state index in [9.17, 15) is 4.39 Å². The molecule has 96 valence electrons. The molecule has 0 saturated carbocycles. The van der Waals surface area contributed by atoms with E-state index in [4.69, 9.17) is 5.84 Å². The Kier molecular flexibility index (Phi) is 4.16. The lowest BCUT2D eigenvalue weighted by molar-refractivity contribution is 0.561. The topological polar surface area (TPSA) is 55.9 Å². The van der Waals surface area contributed by atoms with Crippen molar-refractivity contribution in [2.75, 3.05) is 0 Å². The van der Waals surface area contributed by atoms with E-state index >= 15 is 0 Å².